The van der Waals surface area contributed by atoms with Gasteiger partial charge in [-0.1, -0.05) is 27.7 Å². The van der Waals surface area contributed by atoms with Crippen molar-refractivity contribution in [3.8, 4) is 0 Å². The number of rotatable bonds is 5. The van der Waals surface area contributed by atoms with Gasteiger partial charge in [0.25, 0.3) is 0 Å². The first-order chi connectivity index (χ1) is 7.88. The summed E-state index contributed by atoms with van der Waals surface area (Å²) in [7, 11) is 0. The summed E-state index contributed by atoms with van der Waals surface area (Å²) in [6, 6.07) is 2.06. The van der Waals surface area contributed by atoms with Gasteiger partial charge in [0.05, 0.1) is 0 Å². The summed E-state index contributed by atoms with van der Waals surface area (Å²) in [4.78, 5) is 2.73. The number of piperazine rings is 1. The number of nitrogens with zero attached hydrogens (tertiary/aromatic N) is 1. The molecule has 0 saturated carbocycles. The second kappa shape index (κ2) is 6.75. The molecule has 0 amide bonds. The van der Waals surface area contributed by atoms with Gasteiger partial charge in [-0.25, -0.2) is 0 Å². The van der Waals surface area contributed by atoms with E-state index in [1.807, 2.05) is 0 Å². The van der Waals surface area contributed by atoms with Crippen molar-refractivity contribution in [1.29, 1.82) is 0 Å². The standard InChI is InChI=1S/C15H32N2/c1-11(2)7-15(8-12(3)4)17-9-13(5)16-14(6)10-17/h11-16H,7-10H2,1-6H3. The Morgan fingerprint density at radius 1 is 0.941 bits per heavy atom. The Hall–Kier alpha value is -0.0800. The molecule has 1 fully saturated rings. The maximum Gasteiger partial charge on any atom is 0.0169 e. The Labute approximate surface area is 108 Å². The molecule has 0 aromatic rings. The molecule has 0 aromatic heterocycles. The monoisotopic (exact) mass is 240 g/mol. The van der Waals surface area contributed by atoms with Crippen LogP contribution in [0.5, 0.6) is 0 Å². The Bertz CT molecular complexity index is 193. The van der Waals surface area contributed by atoms with Gasteiger partial charge in [0.1, 0.15) is 0 Å². The highest BCUT2D eigenvalue weighted by Crippen LogP contribution is 2.21. The van der Waals surface area contributed by atoms with E-state index in [2.05, 4.69) is 51.8 Å². The zero-order valence-electron chi connectivity index (χ0n) is 12.7. The maximum absolute atomic E-state index is 3.63. The van der Waals surface area contributed by atoms with E-state index in [4.69, 9.17) is 0 Å². The summed E-state index contributed by atoms with van der Waals surface area (Å²) < 4.78 is 0. The van der Waals surface area contributed by atoms with Crippen LogP contribution in [0.15, 0.2) is 0 Å². The van der Waals surface area contributed by atoms with E-state index in [0.717, 1.165) is 17.9 Å². The van der Waals surface area contributed by atoms with Crippen LogP contribution in [0.3, 0.4) is 0 Å². The van der Waals surface area contributed by atoms with E-state index in [0.29, 0.717) is 12.1 Å². The molecule has 2 unspecified atom stereocenters. The molecule has 2 heteroatoms. The largest absolute Gasteiger partial charge is 0.309 e. The summed E-state index contributed by atoms with van der Waals surface area (Å²) in [5.41, 5.74) is 0. The fourth-order valence-corrected chi connectivity index (χ4v) is 3.15. The van der Waals surface area contributed by atoms with Crippen LogP contribution in [0, 0.1) is 11.8 Å². The first-order valence-corrected chi connectivity index (χ1v) is 7.38. The third kappa shape index (κ3) is 5.39. The predicted octanol–water partition coefficient (Wildman–Crippen LogP) is 3.13. The van der Waals surface area contributed by atoms with Crippen LogP contribution in [0.2, 0.25) is 0 Å². The zero-order chi connectivity index (χ0) is 13.0. The first-order valence-electron chi connectivity index (χ1n) is 7.38. The lowest BCUT2D eigenvalue weighted by molar-refractivity contribution is 0.0961. The van der Waals surface area contributed by atoms with Gasteiger partial charge in [-0.2, -0.15) is 0 Å². The molecule has 17 heavy (non-hydrogen) atoms. The van der Waals surface area contributed by atoms with Gasteiger partial charge in [0, 0.05) is 31.2 Å². The summed E-state index contributed by atoms with van der Waals surface area (Å²) in [6.07, 6.45) is 2.69. The molecular formula is C15H32N2. The van der Waals surface area contributed by atoms with Gasteiger partial charge in [-0.15, -0.1) is 0 Å². The van der Waals surface area contributed by atoms with Gasteiger partial charge in [0.15, 0.2) is 0 Å². The van der Waals surface area contributed by atoms with Crippen molar-refractivity contribution < 1.29 is 0 Å². The van der Waals surface area contributed by atoms with Crippen LogP contribution in [0.25, 0.3) is 0 Å². The van der Waals surface area contributed by atoms with Crippen LogP contribution >= 0.6 is 0 Å². The van der Waals surface area contributed by atoms with E-state index in [1.165, 1.54) is 25.9 Å². The third-order valence-electron chi connectivity index (χ3n) is 3.59. The molecule has 102 valence electrons. The molecule has 0 aliphatic carbocycles. The second-order valence-corrected chi connectivity index (χ2v) is 6.84. The van der Waals surface area contributed by atoms with Crippen molar-refractivity contribution in [2.45, 2.75) is 72.5 Å². The van der Waals surface area contributed by atoms with Crippen molar-refractivity contribution >= 4 is 0 Å². The summed E-state index contributed by atoms with van der Waals surface area (Å²) in [5, 5.41) is 3.63. The summed E-state index contributed by atoms with van der Waals surface area (Å²) in [5.74, 6) is 1.61. The number of nitrogens with one attached hydrogen (secondary N) is 1. The lowest BCUT2D eigenvalue weighted by Gasteiger charge is -2.42. The molecule has 1 saturated heterocycles. The van der Waals surface area contributed by atoms with Crippen molar-refractivity contribution in [1.82, 2.24) is 10.2 Å². The van der Waals surface area contributed by atoms with Gasteiger partial charge < -0.3 is 5.32 Å². The molecule has 1 rings (SSSR count). The molecule has 1 aliphatic heterocycles. The minimum Gasteiger partial charge on any atom is -0.309 e. The lowest BCUT2D eigenvalue weighted by atomic mass is 9.93. The molecule has 0 aromatic carbocycles. The topological polar surface area (TPSA) is 15.3 Å². The normalized spacial score (nSPS) is 27.4. The lowest BCUT2D eigenvalue weighted by Crippen LogP contribution is -2.57. The van der Waals surface area contributed by atoms with Crippen LogP contribution in [0.1, 0.15) is 54.4 Å². The molecule has 2 nitrogen and oxygen atoms in total. The minimum absolute atomic E-state index is 0.639. The van der Waals surface area contributed by atoms with E-state index < -0.39 is 0 Å². The van der Waals surface area contributed by atoms with Crippen molar-refractivity contribution in [3.05, 3.63) is 0 Å². The minimum atomic E-state index is 0.639. The van der Waals surface area contributed by atoms with Crippen molar-refractivity contribution in [2.75, 3.05) is 13.1 Å². The molecule has 0 radical (unpaired) electrons. The summed E-state index contributed by atoms with van der Waals surface area (Å²) in [6.45, 7) is 16.5. The first kappa shape index (κ1) is 15.0. The Balaban J connectivity index is 2.60. The number of hydrogen-bond acceptors (Lipinski definition) is 2. The molecule has 2 atom stereocenters. The van der Waals surface area contributed by atoms with Crippen LogP contribution < -0.4 is 5.32 Å². The van der Waals surface area contributed by atoms with E-state index in [-0.39, 0.29) is 0 Å². The Morgan fingerprint density at radius 3 is 1.71 bits per heavy atom. The molecule has 0 spiro atoms. The fraction of sp³-hybridized carbons (Fsp3) is 1.00. The van der Waals surface area contributed by atoms with Gasteiger partial charge in [-0.3, -0.25) is 4.90 Å². The van der Waals surface area contributed by atoms with Crippen LogP contribution in [0.4, 0.5) is 0 Å². The van der Waals surface area contributed by atoms with Gasteiger partial charge in [-0.05, 0) is 38.5 Å². The highest BCUT2D eigenvalue weighted by molar-refractivity contribution is 4.86. The molecule has 1 heterocycles. The number of hydrogen-bond donors (Lipinski definition) is 1. The molecular weight excluding hydrogens is 208 g/mol. The van der Waals surface area contributed by atoms with Gasteiger partial charge in [0.2, 0.25) is 0 Å². The van der Waals surface area contributed by atoms with Crippen molar-refractivity contribution in [2.24, 2.45) is 11.8 Å². The zero-order valence-corrected chi connectivity index (χ0v) is 12.7. The molecule has 1 aliphatic rings. The highest BCUT2D eigenvalue weighted by atomic mass is 15.2. The Kier molecular flexibility index (Phi) is 5.94. The smallest absolute Gasteiger partial charge is 0.0169 e. The molecule has 0 bridgehead atoms. The SMILES string of the molecule is CC(C)CC(CC(C)C)N1CC(C)NC(C)C1. The van der Waals surface area contributed by atoms with E-state index in [9.17, 15) is 0 Å². The van der Waals surface area contributed by atoms with E-state index >= 15 is 0 Å². The Morgan fingerprint density at radius 2 is 1.35 bits per heavy atom. The van der Waals surface area contributed by atoms with Crippen LogP contribution in [-0.2, 0) is 0 Å². The average molecular weight is 240 g/mol. The predicted molar refractivity (Wildman–Crippen MR) is 76.3 cm³/mol. The average Bonchev–Trinajstić information content (AvgIpc) is 2.13. The maximum atomic E-state index is 3.63. The molecule has 1 N–H and O–H groups in total. The van der Waals surface area contributed by atoms with Crippen molar-refractivity contribution in [3.63, 3.8) is 0 Å². The highest BCUT2D eigenvalue weighted by Gasteiger charge is 2.27. The quantitative estimate of drug-likeness (QED) is 0.794. The summed E-state index contributed by atoms with van der Waals surface area (Å²) >= 11 is 0. The third-order valence-corrected chi connectivity index (χ3v) is 3.59. The fourth-order valence-electron chi connectivity index (χ4n) is 3.15. The second-order valence-electron chi connectivity index (χ2n) is 6.84. The van der Waals surface area contributed by atoms with E-state index in [1.54, 1.807) is 0 Å². The van der Waals surface area contributed by atoms with Crippen LogP contribution in [-0.4, -0.2) is 36.1 Å². The van der Waals surface area contributed by atoms with Gasteiger partial charge >= 0.3 is 0 Å².